The summed E-state index contributed by atoms with van der Waals surface area (Å²) in [5, 5.41) is 5.44. The summed E-state index contributed by atoms with van der Waals surface area (Å²) in [4.78, 5) is 5.99. The van der Waals surface area contributed by atoms with Gasteiger partial charge in [-0.2, -0.15) is 0 Å². The van der Waals surface area contributed by atoms with Gasteiger partial charge in [0.15, 0.2) is 0 Å². The molecular formula is C14H15ClN2S. The van der Waals surface area contributed by atoms with Crippen LogP contribution in [0.3, 0.4) is 0 Å². The molecule has 0 atom stereocenters. The number of aromatic nitrogens is 1. The second kappa shape index (κ2) is 5.00. The second-order valence-corrected chi connectivity index (χ2v) is 6.40. The maximum absolute atomic E-state index is 5.91. The Labute approximate surface area is 116 Å². The number of nitrogens with zero attached hydrogens (tertiary/aromatic N) is 1. The van der Waals surface area contributed by atoms with Crippen molar-refractivity contribution >= 4 is 22.9 Å². The van der Waals surface area contributed by atoms with Crippen LogP contribution in [0.1, 0.15) is 22.7 Å². The van der Waals surface area contributed by atoms with Gasteiger partial charge in [0.25, 0.3) is 0 Å². The van der Waals surface area contributed by atoms with Crippen LogP contribution in [0.25, 0.3) is 11.3 Å². The predicted molar refractivity (Wildman–Crippen MR) is 77.2 cm³/mol. The molecule has 2 aromatic rings. The van der Waals surface area contributed by atoms with Crippen molar-refractivity contribution in [2.45, 2.75) is 32.4 Å². The number of thiazole rings is 1. The average Bonchev–Trinajstić information content (AvgIpc) is 3.12. The van der Waals surface area contributed by atoms with Gasteiger partial charge >= 0.3 is 0 Å². The zero-order valence-corrected chi connectivity index (χ0v) is 11.8. The highest BCUT2D eigenvalue weighted by Gasteiger charge is 2.21. The van der Waals surface area contributed by atoms with Gasteiger partial charge in [0, 0.05) is 28.0 Å². The van der Waals surface area contributed by atoms with E-state index >= 15 is 0 Å². The third-order valence-electron chi connectivity index (χ3n) is 3.08. The summed E-state index contributed by atoms with van der Waals surface area (Å²) in [5.41, 5.74) is 2.23. The minimum absolute atomic E-state index is 0.730. The van der Waals surface area contributed by atoms with Crippen molar-refractivity contribution in [3.05, 3.63) is 39.2 Å². The molecule has 1 saturated carbocycles. The molecule has 1 aliphatic rings. The zero-order valence-electron chi connectivity index (χ0n) is 10.2. The summed E-state index contributed by atoms with van der Waals surface area (Å²) in [6.45, 7) is 3.02. The standard InChI is InChI=1S/C14H15ClN2S/c1-9-14(10-2-4-11(15)5-3-10)17-13(18-9)8-16-12-6-7-12/h2-5,12,16H,6-8H2,1H3. The Balaban J connectivity index is 1.80. The van der Waals surface area contributed by atoms with Crippen LogP contribution in [0, 0.1) is 6.92 Å². The lowest BCUT2D eigenvalue weighted by Crippen LogP contribution is -2.14. The molecule has 1 aromatic carbocycles. The van der Waals surface area contributed by atoms with E-state index < -0.39 is 0 Å². The molecule has 0 saturated heterocycles. The van der Waals surface area contributed by atoms with Crippen LogP contribution < -0.4 is 5.32 Å². The first kappa shape index (κ1) is 12.2. The fourth-order valence-corrected chi connectivity index (χ4v) is 2.95. The molecule has 0 unspecified atom stereocenters. The van der Waals surface area contributed by atoms with E-state index in [2.05, 4.69) is 12.2 Å². The molecule has 0 spiro atoms. The van der Waals surface area contributed by atoms with Gasteiger partial charge in [0.05, 0.1) is 5.69 Å². The van der Waals surface area contributed by atoms with Gasteiger partial charge in [0.2, 0.25) is 0 Å². The fourth-order valence-electron chi connectivity index (χ4n) is 1.92. The summed E-state index contributed by atoms with van der Waals surface area (Å²) in [6.07, 6.45) is 2.63. The van der Waals surface area contributed by atoms with E-state index in [1.54, 1.807) is 11.3 Å². The van der Waals surface area contributed by atoms with Gasteiger partial charge < -0.3 is 5.32 Å². The SMILES string of the molecule is Cc1sc(CNC2CC2)nc1-c1ccc(Cl)cc1. The van der Waals surface area contributed by atoms with Crippen LogP contribution in [0.5, 0.6) is 0 Å². The molecule has 0 amide bonds. The Morgan fingerprint density at radius 1 is 1.33 bits per heavy atom. The smallest absolute Gasteiger partial charge is 0.107 e. The molecule has 1 aromatic heterocycles. The van der Waals surface area contributed by atoms with Crippen LogP contribution in [-0.4, -0.2) is 11.0 Å². The Hall–Kier alpha value is -0.900. The summed E-state index contributed by atoms with van der Waals surface area (Å²) < 4.78 is 0. The number of halogens is 1. The summed E-state index contributed by atoms with van der Waals surface area (Å²) in [7, 11) is 0. The molecule has 0 aliphatic heterocycles. The number of aryl methyl sites for hydroxylation is 1. The third kappa shape index (κ3) is 2.74. The molecule has 0 radical (unpaired) electrons. The maximum Gasteiger partial charge on any atom is 0.107 e. The maximum atomic E-state index is 5.91. The molecule has 18 heavy (non-hydrogen) atoms. The first-order chi connectivity index (χ1) is 8.72. The molecule has 4 heteroatoms. The van der Waals surface area contributed by atoms with E-state index in [9.17, 15) is 0 Å². The molecule has 0 bridgehead atoms. The Kier molecular flexibility index (Phi) is 3.37. The van der Waals surface area contributed by atoms with Gasteiger partial charge in [-0.05, 0) is 31.9 Å². The minimum atomic E-state index is 0.730. The van der Waals surface area contributed by atoms with Gasteiger partial charge in [-0.1, -0.05) is 23.7 Å². The monoisotopic (exact) mass is 278 g/mol. The van der Waals surface area contributed by atoms with E-state index in [1.165, 1.54) is 22.7 Å². The first-order valence-electron chi connectivity index (χ1n) is 6.18. The van der Waals surface area contributed by atoms with E-state index in [1.807, 2.05) is 24.3 Å². The average molecular weight is 279 g/mol. The molecule has 3 rings (SSSR count). The minimum Gasteiger partial charge on any atom is -0.308 e. The first-order valence-corrected chi connectivity index (χ1v) is 7.37. The van der Waals surface area contributed by atoms with E-state index in [0.717, 1.165) is 28.9 Å². The van der Waals surface area contributed by atoms with Gasteiger partial charge in [-0.3, -0.25) is 0 Å². The predicted octanol–water partition coefficient (Wildman–Crippen LogP) is 4.02. The van der Waals surface area contributed by atoms with Crippen molar-refractivity contribution < 1.29 is 0 Å². The van der Waals surface area contributed by atoms with Crippen molar-refractivity contribution in [2.75, 3.05) is 0 Å². The van der Waals surface area contributed by atoms with Crippen LogP contribution in [0.15, 0.2) is 24.3 Å². The van der Waals surface area contributed by atoms with Crippen molar-refractivity contribution in [3.63, 3.8) is 0 Å². The summed E-state index contributed by atoms with van der Waals surface area (Å²) in [6, 6.07) is 8.62. The molecule has 1 N–H and O–H groups in total. The molecule has 1 aliphatic carbocycles. The molecule has 1 heterocycles. The lowest BCUT2D eigenvalue weighted by molar-refractivity contribution is 0.685. The Morgan fingerprint density at radius 3 is 2.72 bits per heavy atom. The fraction of sp³-hybridized carbons (Fsp3) is 0.357. The highest BCUT2D eigenvalue weighted by Crippen LogP contribution is 2.29. The lowest BCUT2D eigenvalue weighted by atomic mass is 10.1. The largest absolute Gasteiger partial charge is 0.308 e. The second-order valence-electron chi connectivity index (χ2n) is 4.67. The van der Waals surface area contributed by atoms with Gasteiger partial charge in [-0.15, -0.1) is 11.3 Å². The number of hydrogen-bond donors (Lipinski definition) is 1. The highest BCUT2D eigenvalue weighted by molar-refractivity contribution is 7.12. The quantitative estimate of drug-likeness (QED) is 0.914. The molecular weight excluding hydrogens is 264 g/mol. The van der Waals surface area contributed by atoms with E-state index in [0.29, 0.717) is 0 Å². The third-order valence-corrected chi connectivity index (χ3v) is 4.30. The van der Waals surface area contributed by atoms with Crippen molar-refractivity contribution in [3.8, 4) is 11.3 Å². The number of rotatable bonds is 4. The lowest BCUT2D eigenvalue weighted by Gasteiger charge is -1.99. The van der Waals surface area contributed by atoms with Crippen molar-refractivity contribution in [1.82, 2.24) is 10.3 Å². The molecule has 1 fully saturated rings. The topological polar surface area (TPSA) is 24.9 Å². The number of nitrogens with one attached hydrogen (secondary N) is 1. The van der Waals surface area contributed by atoms with Crippen LogP contribution >= 0.6 is 22.9 Å². The van der Waals surface area contributed by atoms with E-state index in [4.69, 9.17) is 16.6 Å². The van der Waals surface area contributed by atoms with Crippen molar-refractivity contribution in [2.24, 2.45) is 0 Å². The summed E-state index contributed by atoms with van der Waals surface area (Å²) >= 11 is 7.68. The van der Waals surface area contributed by atoms with Crippen LogP contribution in [-0.2, 0) is 6.54 Å². The van der Waals surface area contributed by atoms with Gasteiger partial charge in [0.1, 0.15) is 5.01 Å². The number of benzene rings is 1. The zero-order chi connectivity index (χ0) is 12.5. The normalized spacial score (nSPS) is 15.0. The molecule has 2 nitrogen and oxygen atoms in total. The number of hydrogen-bond acceptors (Lipinski definition) is 3. The molecule has 94 valence electrons. The Morgan fingerprint density at radius 2 is 2.06 bits per heavy atom. The van der Waals surface area contributed by atoms with Gasteiger partial charge in [-0.25, -0.2) is 4.98 Å². The van der Waals surface area contributed by atoms with Crippen LogP contribution in [0.2, 0.25) is 5.02 Å². The van der Waals surface area contributed by atoms with Crippen LogP contribution in [0.4, 0.5) is 0 Å². The summed E-state index contributed by atoms with van der Waals surface area (Å²) in [5.74, 6) is 0. The van der Waals surface area contributed by atoms with Crippen molar-refractivity contribution in [1.29, 1.82) is 0 Å². The van der Waals surface area contributed by atoms with E-state index in [-0.39, 0.29) is 0 Å². The highest BCUT2D eigenvalue weighted by atomic mass is 35.5. The Bertz CT molecular complexity index is 543.